The predicted octanol–water partition coefficient (Wildman–Crippen LogP) is 1.94. The number of hydrogen-bond acceptors (Lipinski definition) is 5. The molecule has 1 aromatic heterocycles. The molecule has 0 saturated carbocycles. The number of carbonyl (C=O) groups is 1. The fraction of sp³-hybridized carbons (Fsp3) is 0.100. The van der Waals surface area contributed by atoms with Crippen LogP contribution in [0.2, 0.25) is 0 Å². The Hall–Kier alpha value is -3.72. The minimum absolute atomic E-state index is 0.0890. The van der Waals surface area contributed by atoms with Crippen LogP contribution in [-0.2, 0) is 15.6 Å². The first-order valence-electron chi connectivity index (χ1n) is 8.73. The molecule has 3 rings (SSSR count). The molecule has 0 spiro atoms. The number of primary amides is 1. The highest BCUT2D eigenvalue weighted by molar-refractivity contribution is 7.89. The number of carbonyl (C=O) groups excluding carboxylic acids is 1. The fourth-order valence-electron chi connectivity index (χ4n) is 2.88. The van der Waals surface area contributed by atoms with E-state index < -0.39 is 27.4 Å². The van der Waals surface area contributed by atoms with Gasteiger partial charge in [0.2, 0.25) is 10.0 Å². The summed E-state index contributed by atoms with van der Waals surface area (Å²) in [4.78, 5) is 11.4. The van der Waals surface area contributed by atoms with Crippen molar-refractivity contribution in [2.75, 3.05) is 0 Å². The van der Waals surface area contributed by atoms with Crippen LogP contribution < -0.4 is 10.9 Å². The molecular weight excluding hydrogens is 425 g/mol. The van der Waals surface area contributed by atoms with E-state index in [1.54, 1.807) is 0 Å². The van der Waals surface area contributed by atoms with E-state index >= 15 is 0 Å². The maximum Gasteiger partial charge on any atom is 0.340 e. The number of terminal acetylenes is 1. The molecule has 1 atom stereocenters. The van der Waals surface area contributed by atoms with Crippen molar-refractivity contribution in [3.8, 4) is 29.3 Å². The molecule has 1 unspecified atom stereocenters. The molecule has 11 heteroatoms. The van der Waals surface area contributed by atoms with Crippen molar-refractivity contribution in [1.82, 2.24) is 14.8 Å². The summed E-state index contributed by atoms with van der Waals surface area (Å²) in [6.45, 7) is 1.36. The van der Waals surface area contributed by atoms with E-state index in [9.17, 15) is 22.8 Å². The number of nitrogens with two attached hydrogens (primary N) is 2. The molecule has 0 aliphatic rings. The minimum atomic E-state index is -3.90. The van der Waals surface area contributed by atoms with E-state index in [4.69, 9.17) is 17.3 Å². The van der Waals surface area contributed by atoms with E-state index in [2.05, 4.69) is 11.0 Å². The van der Waals surface area contributed by atoms with Gasteiger partial charge in [-0.3, -0.25) is 5.21 Å². The van der Waals surface area contributed by atoms with E-state index in [0.717, 1.165) is 0 Å². The van der Waals surface area contributed by atoms with Gasteiger partial charge in [-0.2, -0.15) is 10.2 Å². The van der Waals surface area contributed by atoms with Crippen molar-refractivity contribution < 1.29 is 22.8 Å². The molecule has 2 amide bonds. The van der Waals surface area contributed by atoms with Crippen LogP contribution in [0.4, 0.5) is 9.18 Å². The Kier molecular flexibility index (Phi) is 5.56. The molecule has 0 fully saturated rings. The van der Waals surface area contributed by atoms with Gasteiger partial charge < -0.3 is 5.73 Å². The first-order valence-corrected chi connectivity index (χ1v) is 10.3. The molecule has 2 aromatic carbocycles. The van der Waals surface area contributed by atoms with Gasteiger partial charge in [-0.05, 0) is 61.5 Å². The lowest BCUT2D eigenvalue weighted by atomic mass is 9.97. The SMILES string of the molecule is C#CC(C)(c1cc(-c2ccc(F)cc2)n(-c2ccc(S(N)(=O)=O)cc2)n1)N(O)C(N)=O. The van der Waals surface area contributed by atoms with Crippen molar-refractivity contribution in [3.63, 3.8) is 0 Å². The Morgan fingerprint density at radius 2 is 1.81 bits per heavy atom. The topological polar surface area (TPSA) is 145 Å². The van der Waals surface area contributed by atoms with Gasteiger partial charge in [-0.25, -0.2) is 27.4 Å². The molecule has 31 heavy (non-hydrogen) atoms. The van der Waals surface area contributed by atoms with Gasteiger partial charge in [0, 0.05) is 5.56 Å². The summed E-state index contributed by atoms with van der Waals surface area (Å²) in [6.07, 6.45) is 5.56. The zero-order valence-electron chi connectivity index (χ0n) is 16.2. The smallest absolute Gasteiger partial charge is 0.340 e. The molecule has 5 N–H and O–H groups in total. The summed E-state index contributed by atoms with van der Waals surface area (Å²) >= 11 is 0. The van der Waals surface area contributed by atoms with Crippen LogP contribution in [-0.4, -0.2) is 34.5 Å². The Labute approximate surface area is 177 Å². The van der Waals surface area contributed by atoms with Gasteiger partial charge in [-0.1, -0.05) is 5.92 Å². The summed E-state index contributed by atoms with van der Waals surface area (Å²) in [7, 11) is -3.90. The van der Waals surface area contributed by atoms with E-state index in [-0.39, 0.29) is 15.7 Å². The Morgan fingerprint density at radius 3 is 2.29 bits per heavy atom. The van der Waals surface area contributed by atoms with E-state index in [0.29, 0.717) is 16.9 Å². The molecule has 0 aliphatic heterocycles. The summed E-state index contributed by atoms with van der Waals surface area (Å²) in [5, 5.41) is 19.9. The van der Waals surface area contributed by atoms with Crippen LogP contribution in [0.3, 0.4) is 0 Å². The third-order valence-corrected chi connectivity index (χ3v) is 5.60. The summed E-state index contributed by atoms with van der Waals surface area (Å²) in [5.41, 5.74) is 4.93. The first-order chi connectivity index (χ1) is 14.5. The average Bonchev–Trinajstić information content (AvgIpc) is 3.18. The summed E-state index contributed by atoms with van der Waals surface area (Å²) < 4.78 is 37.9. The lowest BCUT2D eigenvalue weighted by molar-refractivity contribution is -0.0997. The number of rotatable bonds is 5. The van der Waals surface area contributed by atoms with Crippen LogP contribution in [0.1, 0.15) is 12.6 Å². The van der Waals surface area contributed by atoms with Gasteiger partial charge in [0.05, 0.1) is 16.3 Å². The zero-order chi connectivity index (χ0) is 23.0. The Balaban J connectivity index is 2.23. The monoisotopic (exact) mass is 443 g/mol. The third-order valence-electron chi connectivity index (χ3n) is 4.67. The second-order valence-corrected chi connectivity index (χ2v) is 8.30. The number of primary sulfonamides is 1. The van der Waals surface area contributed by atoms with Crippen molar-refractivity contribution in [1.29, 1.82) is 0 Å². The number of aromatic nitrogens is 2. The third kappa shape index (κ3) is 4.13. The Bertz CT molecular complexity index is 1280. The molecule has 3 aromatic rings. The summed E-state index contributed by atoms with van der Waals surface area (Å²) in [5.74, 6) is 1.85. The van der Waals surface area contributed by atoms with Gasteiger partial charge in [0.15, 0.2) is 5.54 Å². The minimum Gasteiger partial charge on any atom is -0.350 e. The molecule has 0 bridgehead atoms. The predicted molar refractivity (Wildman–Crippen MR) is 110 cm³/mol. The second-order valence-electron chi connectivity index (χ2n) is 6.74. The second kappa shape index (κ2) is 7.84. The lowest BCUT2D eigenvalue weighted by Gasteiger charge is -2.28. The molecule has 0 aliphatic carbocycles. The standard InChI is InChI=1S/C20H18FN5O4S/c1-3-20(2,26(28)19(22)27)18-12-17(13-4-6-14(21)7-5-13)25(24-18)15-8-10-16(11-9-15)31(23,29)30/h1,4-12,28H,2H3,(H2,22,27)(H2,23,29,30). The molecule has 0 saturated heterocycles. The highest BCUT2D eigenvalue weighted by Crippen LogP contribution is 2.32. The van der Waals surface area contributed by atoms with Crippen molar-refractivity contribution in [2.24, 2.45) is 10.9 Å². The van der Waals surface area contributed by atoms with Gasteiger partial charge >= 0.3 is 6.03 Å². The Morgan fingerprint density at radius 1 is 1.23 bits per heavy atom. The van der Waals surface area contributed by atoms with E-state index in [1.165, 1.54) is 66.2 Å². The fourth-order valence-corrected chi connectivity index (χ4v) is 3.40. The summed E-state index contributed by atoms with van der Waals surface area (Å²) in [6, 6.07) is 11.3. The molecule has 9 nitrogen and oxygen atoms in total. The highest BCUT2D eigenvalue weighted by Gasteiger charge is 2.37. The lowest BCUT2D eigenvalue weighted by Crippen LogP contribution is -2.47. The average molecular weight is 443 g/mol. The number of hydrogen-bond donors (Lipinski definition) is 3. The number of urea groups is 1. The van der Waals surface area contributed by atoms with Gasteiger partial charge in [0.25, 0.3) is 0 Å². The quantitative estimate of drug-likeness (QED) is 0.314. The number of nitrogens with zero attached hydrogens (tertiary/aromatic N) is 3. The number of halogens is 1. The largest absolute Gasteiger partial charge is 0.350 e. The van der Waals surface area contributed by atoms with Crippen molar-refractivity contribution >= 4 is 16.1 Å². The maximum absolute atomic E-state index is 13.4. The van der Waals surface area contributed by atoms with Gasteiger partial charge in [-0.15, -0.1) is 6.42 Å². The molecule has 1 heterocycles. The molecule has 0 radical (unpaired) electrons. The zero-order valence-corrected chi connectivity index (χ0v) is 17.0. The normalized spacial score (nSPS) is 13.3. The molecule has 160 valence electrons. The van der Waals surface area contributed by atoms with Gasteiger partial charge in [0.1, 0.15) is 11.5 Å². The van der Waals surface area contributed by atoms with Crippen LogP contribution in [0.15, 0.2) is 59.5 Å². The maximum atomic E-state index is 13.4. The highest BCUT2D eigenvalue weighted by atomic mass is 32.2. The van der Waals surface area contributed by atoms with Crippen LogP contribution in [0.25, 0.3) is 16.9 Å². The number of hydroxylamine groups is 2. The number of benzene rings is 2. The number of sulfonamides is 1. The van der Waals surface area contributed by atoms with Crippen molar-refractivity contribution in [2.45, 2.75) is 17.4 Å². The van der Waals surface area contributed by atoms with E-state index in [1.807, 2.05) is 0 Å². The van der Waals surface area contributed by atoms with Crippen LogP contribution in [0, 0.1) is 18.2 Å². The van der Waals surface area contributed by atoms with Crippen molar-refractivity contribution in [3.05, 3.63) is 66.1 Å². The molecular formula is C20H18FN5O4S. The first kappa shape index (κ1) is 22.0. The van der Waals surface area contributed by atoms with Crippen LogP contribution in [0.5, 0.6) is 0 Å². The number of amides is 2. The van der Waals surface area contributed by atoms with Crippen LogP contribution >= 0.6 is 0 Å².